The third-order valence-electron chi connectivity index (χ3n) is 6.74. The highest BCUT2D eigenvalue weighted by Crippen LogP contribution is 2.38. The van der Waals surface area contributed by atoms with E-state index in [4.69, 9.17) is 33.7 Å². The Labute approximate surface area is 215 Å². The summed E-state index contributed by atoms with van der Waals surface area (Å²) in [5.41, 5.74) is 6.50. The molecule has 1 saturated carbocycles. The fourth-order valence-electron chi connectivity index (χ4n) is 4.82. The maximum atomic E-state index is 14.7. The Kier molecular flexibility index (Phi) is 7.14. The zero-order valence-electron chi connectivity index (χ0n) is 19.2. The summed E-state index contributed by atoms with van der Waals surface area (Å²) in [6.45, 7) is 0.464. The van der Waals surface area contributed by atoms with Gasteiger partial charge in [-0.3, -0.25) is 9.36 Å². The molecule has 9 nitrogen and oxygen atoms in total. The number of nitrogens with zero attached hydrogens (tertiary/aromatic N) is 4. The van der Waals surface area contributed by atoms with E-state index in [9.17, 15) is 13.6 Å². The van der Waals surface area contributed by atoms with Crippen molar-refractivity contribution in [2.45, 2.75) is 50.4 Å². The first-order chi connectivity index (χ1) is 17.3. The molecule has 1 aromatic carbocycles. The van der Waals surface area contributed by atoms with Crippen LogP contribution in [0.3, 0.4) is 0 Å². The smallest absolute Gasteiger partial charge is 0.225 e. The van der Waals surface area contributed by atoms with E-state index < -0.39 is 18.0 Å². The number of imidazole rings is 1. The summed E-state index contributed by atoms with van der Waals surface area (Å²) in [7, 11) is 0. The van der Waals surface area contributed by atoms with Gasteiger partial charge in [-0.15, -0.1) is 0 Å². The molecule has 1 aliphatic carbocycles. The fourth-order valence-corrected chi connectivity index (χ4v) is 5.33. The normalized spacial score (nSPS) is 24.6. The molecule has 4 N–H and O–H groups in total. The van der Waals surface area contributed by atoms with Crippen LogP contribution in [-0.2, 0) is 9.53 Å². The first-order valence-electron chi connectivity index (χ1n) is 11.7. The quantitative estimate of drug-likeness (QED) is 0.412. The minimum atomic E-state index is -1.18. The third-order valence-corrected chi connectivity index (χ3v) is 7.26. The highest BCUT2D eigenvalue weighted by atomic mass is 35.5. The molecule has 2 fully saturated rings. The number of benzene rings is 1. The Hall–Kier alpha value is -2.76. The largest absolute Gasteiger partial charge is 0.378 e. The zero-order valence-corrected chi connectivity index (χ0v) is 20.7. The number of rotatable bonds is 6. The van der Waals surface area contributed by atoms with Crippen molar-refractivity contribution in [2.24, 2.45) is 11.7 Å². The van der Waals surface area contributed by atoms with Gasteiger partial charge in [0, 0.05) is 23.6 Å². The van der Waals surface area contributed by atoms with E-state index in [1.54, 1.807) is 0 Å². The molecule has 0 bridgehead atoms. The van der Waals surface area contributed by atoms with Gasteiger partial charge in [-0.25, -0.2) is 18.7 Å². The SMILES string of the molecule is NC(=O)C1CCC(n2c(Nc3c(F)cc(Cl)cc3Cl)nc3cnc(N[C@H]4CCOC[C@H]4F)nc32)CC1. The number of amides is 1. The Morgan fingerprint density at radius 1 is 1.17 bits per heavy atom. The average molecular weight is 540 g/mol. The van der Waals surface area contributed by atoms with Gasteiger partial charge in [0.25, 0.3) is 0 Å². The highest BCUT2D eigenvalue weighted by Gasteiger charge is 2.30. The summed E-state index contributed by atoms with van der Waals surface area (Å²) in [5, 5.41) is 6.32. The second-order valence-corrected chi connectivity index (χ2v) is 9.96. The molecule has 5 rings (SSSR count). The average Bonchev–Trinajstić information content (AvgIpc) is 3.20. The van der Waals surface area contributed by atoms with Gasteiger partial charge in [0.2, 0.25) is 17.8 Å². The monoisotopic (exact) mass is 539 g/mol. The van der Waals surface area contributed by atoms with Crippen LogP contribution in [0.4, 0.5) is 26.4 Å². The van der Waals surface area contributed by atoms with Crippen molar-refractivity contribution >= 4 is 57.9 Å². The van der Waals surface area contributed by atoms with E-state index in [-0.39, 0.29) is 46.2 Å². The summed E-state index contributed by atoms with van der Waals surface area (Å²) in [5.74, 6) is -0.575. The number of nitrogens with two attached hydrogens (primary N) is 1. The summed E-state index contributed by atoms with van der Waals surface area (Å²) >= 11 is 12.2. The Morgan fingerprint density at radius 3 is 2.64 bits per heavy atom. The minimum absolute atomic E-state index is 0.0163. The van der Waals surface area contributed by atoms with Crippen molar-refractivity contribution in [1.82, 2.24) is 19.5 Å². The van der Waals surface area contributed by atoms with E-state index in [0.29, 0.717) is 55.8 Å². The molecule has 192 valence electrons. The number of nitrogens with one attached hydrogen (secondary N) is 2. The molecule has 36 heavy (non-hydrogen) atoms. The molecule has 2 aromatic heterocycles. The van der Waals surface area contributed by atoms with E-state index in [1.165, 1.54) is 12.3 Å². The number of halogens is 4. The van der Waals surface area contributed by atoms with E-state index in [2.05, 4.69) is 25.6 Å². The number of hydrogen-bond donors (Lipinski definition) is 3. The molecule has 0 unspecified atom stereocenters. The van der Waals surface area contributed by atoms with Crippen LogP contribution in [0.15, 0.2) is 18.3 Å². The predicted molar refractivity (Wildman–Crippen MR) is 133 cm³/mol. The van der Waals surface area contributed by atoms with Crippen LogP contribution in [0.5, 0.6) is 0 Å². The number of anilines is 3. The molecular formula is C23H25Cl2F2N7O2. The first-order valence-corrected chi connectivity index (χ1v) is 12.5. The topological polar surface area (TPSA) is 120 Å². The van der Waals surface area contributed by atoms with Crippen LogP contribution in [0.2, 0.25) is 10.0 Å². The Balaban J connectivity index is 1.53. The Morgan fingerprint density at radius 2 is 1.94 bits per heavy atom. The fraction of sp³-hybridized carbons (Fsp3) is 0.478. The van der Waals surface area contributed by atoms with Gasteiger partial charge >= 0.3 is 0 Å². The third kappa shape index (κ3) is 5.05. The molecule has 0 radical (unpaired) electrons. The van der Waals surface area contributed by atoms with Gasteiger partial charge in [0.1, 0.15) is 17.5 Å². The Bertz CT molecular complexity index is 1260. The molecule has 1 amide bonds. The van der Waals surface area contributed by atoms with Gasteiger partial charge in [0.15, 0.2) is 5.65 Å². The van der Waals surface area contributed by atoms with Gasteiger partial charge in [-0.05, 0) is 44.2 Å². The van der Waals surface area contributed by atoms with Crippen molar-refractivity contribution in [3.63, 3.8) is 0 Å². The van der Waals surface area contributed by atoms with Crippen LogP contribution in [0, 0.1) is 11.7 Å². The van der Waals surface area contributed by atoms with E-state index in [0.717, 1.165) is 6.07 Å². The van der Waals surface area contributed by atoms with Crippen LogP contribution >= 0.6 is 23.2 Å². The maximum Gasteiger partial charge on any atom is 0.225 e. The first kappa shape index (κ1) is 24.9. The van der Waals surface area contributed by atoms with Crippen molar-refractivity contribution in [3.05, 3.63) is 34.2 Å². The number of carbonyl (C=O) groups excluding carboxylic acids is 1. The van der Waals surface area contributed by atoms with Crippen molar-refractivity contribution in [2.75, 3.05) is 23.8 Å². The number of fused-ring (bicyclic) bond motifs is 1. The van der Waals surface area contributed by atoms with Crippen LogP contribution in [-0.4, -0.2) is 50.9 Å². The molecule has 3 heterocycles. The standard InChI is InChI=1S/C23H25Cl2F2N7O2/c24-12-7-14(25)19(15(26)8-12)32-23-31-18-9-29-22(30-17-5-6-36-10-16(17)27)33-21(18)34(23)13-3-1-11(2-4-13)20(28)35/h7-9,11,13,16-17H,1-6,10H2,(H2,28,35)(H,31,32)(H,29,30,33)/t11?,13?,16-,17+/m1/s1. The summed E-state index contributed by atoms with van der Waals surface area (Å²) < 4.78 is 36.1. The lowest BCUT2D eigenvalue weighted by molar-refractivity contribution is -0.122. The number of carbonyl (C=O) groups is 1. The lowest BCUT2D eigenvalue weighted by atomic mass is 9.85. The van der Waals surface area contributed by atoms with Crippen LogP contribution in [0.25, 0.3) is 11.2 Å². The van der Waals surface area contributed by atoms with Gasteiger partial charge < -0.3 is 21.1 Å². The predicted octanol–water partition coefficient (Wildman–Crippen LogP) is 4.77. The summed E-state index contributed by atoms with van der Waals surface area (Å²) in [6, 6.07) is 2.02. The number of hydrogen-bond acceptors (Lipinski definition) is 7. The second kappa shape index (κ2) is 10.3. The molecule has 13 heteroatoms. The molecule has 0 spiro atoms. The van der Waals surface area contributed by atoms with Crippen LogP contribution in [0.1, 0.15) is 38.1 Å². The van der Waals surface area contributed by atoms with Crippen molar-refractivity contribution in [3.8, 4) is 0 Å². The summed E-state index contributed by atoms with van der Waals surface area (Å²) in [6.07, 6.45) is 3.34. The molecule has 3 aromatic rings. The van der Waals surface area contributed by atoms with Gasteiger partial charge in [0.05, 0.1) is 29.6 Å². The van der Waals surface area contributed by atoms with E-state index >= 15 is 0 Å². The van der Waals surface area contributed by atoms with Crippen molar-refractivity contribution < 1.29 is 18.3 Å². The lowest BCUT2D eigenvalue weighted by Gasteiger charge is -2.29. The number of alkyl halides is 1. The zero-order chi connectivity index (χ0) is 25.4. The van der Waals surface area contributed by atoms with E-state index in [1.807, 2.05) is 4.57 Å². The lowest BCUT2D eigenvalue weighted by Crippen LogP contribution is -2.39. The van der Waals surface area contributed by atoms with Gasteiger partial charge in [-0.1, -0.05) is 23.2 Å². The molecular weight excluding hydrogens is 515 g/mol. The molecule has 2 aliphatic rings. The number of ether oxygens (including phenoxy) is 1. The second-order valence-electron chi connectivity index (χ2n) is 9.12. The number of primary amides is 1. The van der Waals surface area contributed by atoms with Crippen molar-refractivity contribution in [1.29, 1.82) is 0 Å². The molecule has 1 saturated heterocycles. The number of aromatic nitrogens is 4. The summed E-state index contributed by atoms with van der Waals surface area (Å²) in [4.78, 5) is 25.2. The minimum Gasteiger partial charge on any atom is -0.378 e. The van der Waals surface area contributed by atoms with Gasteiger partial charge in [-0.2, -0.15) is 4.98 Å². The molecule has 1 aliphatic heterocycles. The highest BCUT2D eigenvalue weighted by molar-refractivity contribution is 6.36. The molecule has 2 atom stereocenters. The van der Waals surface area contributed by atoms with Crippen LogP contribution < -0.4 is 16.4 Å². The maximum absolute atomic E-state index is 14.7.